The lowest BCUT2D eigenvalue weighted by Gasteiger charge is -2.34. The number of hydrogen-bond acceptors (Lipinski definition) is 4. The lowest BCUT2D eigenvalue weighted by atomic mass is 10.1. The number of carbonyl (C=O) groups is 2. The maximum Gasteiger partial charge on any atom is 0.257 e. The van der Waals surface area contributed by atoms with E-state index in [4.69, 9.17) is 21.8 Å². The molecule has 2 aromatic rings. The summed E-state index contributed by atoms with van der Waals surface area (Å²) < 4.78 is 5.20. The van der Waals surface area contributed by atoms with Crippen LogP contribution in [0.1, 0.15) is 26.5 Å². The Hall–Kier alpha value is -2.31. The zero-order valence-corrected chi connectivity index (χ0v) is 13.8. The summed E-state index contributed by atoms with van der Waals surface area (Å²) >= 11 is 5.84. The van der Waals surface area contributed by atoms with Crippen LogP contribution in [0.25, 0.3) is 0 Å². The van der Waals surface area contributed by atoms with Crippen molar-refractivity contribution in [2.75, 3.05) is 26.2 Å². The Bertz CT molecular complexity index is 734. The molecular weight excluding hydrogens is 330 g/mol. The molecule has 0 spiro atoms. The Morgan fingerprint density at radius 3 is 2.04 bits per heavy atom. The highest BCUT2D eigenvalue weighted by Crippen LogP contribution is 2.15. The average Bonchev–Trinajstić information content (AvgIpc) is 3.10. The van der Waals surface area contributed by atoms with E-state index in [-0.39, 0.29) is 18.4 Å². The van der Waals surface area contributed by atoms with Crippen molar-refractivity contribution in [1.82, 2.24) is 9.80 Å². The number of carbonyl (C=O) groups excluding carboxylic acids is 2. The van der Waals surface area contributed by atoms with E-state index >= 15 is 0 Å². The number of furan rings is 1. The van der Waals surface area contributed by atoms with E-state index < -0.39 is 0 Å². The molecule has 0 saturated carbocycles. The van der Waals surface area contributed by atoms with Crippen LogP contribution in [0, 0.1) is 0 Å². The fourth-order valence-corrected chi connectivity index (χ4v) is 2.80. The second-order valence-electron chi connectivity index (χ2n) is 5.60. The third-order valence-electron chi connectivity index (χ3n) is 4.05. The van der Waals surface area contributed by atoms with Crippen LogP contribution in [-0.2, 0) is 6.54 Å². The molecule has 6 nitrogen and oxygen atoms in total. The van der Waals surface area contributed by atoms with Gasteiger partial charge < -0.3 is 20.0 Å². The third kappa shape index (κ3) is 3.44. The van der Waals surface area contributed by atoms with E-state index in [0.29, 0.717) is 48.1 Å². The van der Waals surface area contributed by atoms with Gasteiger partial charge in [-0.25, -0.2) is 0 Å². The summed E-state index contributed by atoms with van der Waals surface area (Å²) in [5, 5.41) is 0.596. The highest BCUT2D eigenvalue weighted by molar-refractivity contribution is 6.30. The van der Waals surface area contributed by atoms with Gasteiger partial charge in [0.15, 0.2) is 0 Å². The van der Waals surface area contributed by atoms with Gasteiger partial charge in [0, 0.05) is 36.8 Å². The molecule has 2 heterocycles. The van der Waals surface area contributed by atoms with Crippen molar-refractivity contribution < 1.29 is 14.0 Å². The van der Waals surface area contributed by atoms with Crippen molar-refractivity contribution in [3.05, 3.63) is 58.5 Å². The van der Waals surface area contributed by atoms with Crippen molar-refractivity contribution in [3.8, 4) is 0 Å². The molecule has 1 aliphatic rings. The van der Waals surface area contributed by atoms with E-state index in [0.717, 1.165) is 0 Å². The minimum Gasteiger partial charge on any atom is -0.467 e. The molecule has 7 heteroatoms. The van der Waals surface area contributed by atoms with E-state index in [1.165, 1.54) is 6.26 Å². The van der Waals surface area contributed by atoms with E-state index in [1.807, 2.05) is 0 Å². The average molecular weight is 348 g/mol. The molecule has 1 saturated heterocycles. The second kappa shape index (κ2) is 7.07. The number of nitrogens with zero attached hydrogens (tertiary/aromatic N) is 2. The Morgan fingerprint density at radius 2 is 1.54 bits per heavy atom. The summed E-state index contributed by atoms with van der Waals surface area (Å²) in [5.41, 5.74) is 6.58. The van der Waals surface area contributed by atoms with Crippen molar-refractivity contribution in [1.29, 1.82) is 0 Å². The molecular formula is C17H18ClN3O3. The number of hydrogen-bond donors (Lipinski definition) is 1. The van der Waals surface area contributed by atoms with Crippen LogP contribution in [0.15, 0.2) is 41.0 Å². The van der Waals surface area contributed by atoms with E-state index in [1.54, 1.807) is 40.1 Å². The summed E-state index contributed by atoms with van der Waals surface area (Å²) in [7, 11) is 0. The first-order valence-electron chi connectivity index (χ1n) is 7.70. The van der Waals surface area contributed by atoms with Crippen LogP contribution < -0.4 is 5.73 Å². The number of amides is 2. The molecule has 126 valence electrons. The number of nitrogens with two attached hydrogens (primary N) is 1. The summed E-state index contributed by atoms with van der Waals surface area (Å²) in [6, 6.07) is 8.47. The van der Waals surface area contributed by atoms with Crippen LogP contribution in [0.5, 0.6) is 0 Å². The largest absolute Gasteiger partial charge is 0.467 e. The minimum absolute atomic E-state index is 0.0486. The zero-order chi connectivity index (χ0) is 17.1. The number of piperazine rings is 1. The first-order valence-corrected chi connectivity index (χ1v) is 8.08. The molecule has 1 aromatic carbocycles. The zero-order valence-electron chi connectivity index (χ0n) is 13.1. The van der Waals surface area contributed by atoms with Crippen LogP contribution >= 0.6 is 11.6 Å². The van der Waals surface area contributed by atoms with Crippen molar-refractivity contribution >= 4 is 23.4 Å². The van der Waals surface area contributed by atoms with Gasteiger partial charge in [-0.05, 0) is 30.3 Å². The molecule has 2 N–H and O–H groups in total. The van der Waals surface area contributed by atoms with Crippen molar-refractivity contribution in [2.24, 2.45) is 5.73 Å². The molecule has 1 fully saturated rings. The summed E-state index contributed by atoms with van der Waals surface area (Å²) in [4.78, 5) is 28.3. The van der Waals surface area contributed by atoms with Gasteiger partial charge in [-0.2, -0.15) is 0 Å². The minimum atomic E-state index is -0.1000. The lowest BCUT2D eigenvalue weighted by molar-refractivity contribution is 0.0535. The molecule has 24 heavy (non-hydrogen) atoms. The molecule has 1 aliphatic heterocycles. The second-order valence-corrected chi connectivity index (χ2v) is 6.03. The van der Waals surface area contributed by atoms with Gasteiger partial charge in [-0.1, -0.05) is 11.6 Å². The maximum atomic E-state index is 12.5. The number of halogens is 1. The van der Waals surface area contributed by atoms with Crippen molar-refractivity contribution in [3.63, 3.8) is 0 Å². The van der Waals surface area contributed by atoms with Gasteiger partial charge in [0.2, 0.25) is 0 Å². The molecule has 0 radical (unpaired) electrons. The molecule has 0 unspecified atom stereocenters. The Kier molecular flexibility index (Phi) is 4.87. The lowest BCUT2D eigenvalue weighted by Crippen LogP contribution is -2.50. The first kappa shape index (κ1) is 16.5. The Labute approximate surface area is 144 Å². The Morgan fingerprint density at radius 1 is 1.00 bits per heavy atom. The predicted octanol–water partition coefficient (Wildman–Crippen LogP) is 1.99. The van der Waals surface area contributed by atoms with Crippen molar-refractivity contribution in [2.45, 2.75) is 6.54 Å². The quantitative estimate of drug-likeness (QED) is 0.920. The monoisotopic (exact) mass is 347 g/mol. The van der Waals surface area contributed by atoms with Crippen LogP contribution in [-0.4, -0.2) is 47.8 Å². The smallest absolute Gasteiger partial charge is 0.257 e. The number of rotatable bonds is 3. The number of benzene rings is 1. The molecule has 2 amide bonds. The third-order valence-corrected chi connectivity index (χ3v) is 4.30. The molecule has 0 aliphatic carbocycles. The normalized spacial score (nSPS) is 14.8. The van der Waals surface area contributed by atoms with Crippen LogP contribution in [0.4, 0.5) is 0 Å². The predicted molar refractivity (Wildman–Crippen MR) is 89.9 cm³/mol. The standard InChI is InChI=1S/C17H18ClN3O3/c18-14-3-1-12(2-4-14)16(22)20-5-7-21(8-6-20)17(23)13-9-15(10-19)24-11-13/h1-4,9,11H,5-8,10,19H2. The van der Waals surface area contributed by atoms with Gasteiger partial charge in [0.05, 0.1) is 12.1 Å². The fraction of sp³-hybridized carbons (Fsp3) is 0.294. The topological polar surface area (TPSA) is 79.8 Å². The summed E-state index contributed by atoms with van der Waals surface area (Å²) in [5.74, 6) is 0.430. The van der Waals surface area contributed by atoms with Gasteiger partial charge in [-0.3, -0.25) is 9.59 Å². The van der Waals surface area contributed by atoms with Gasteiger partial charge in [-0.15, -0.1) is 0 Å². The van der Waals surface area contributed by atoms with Crippen LogP contribution in [0.3, 0.4) is 0 Å². The fourth-order valence-electron chi connectivity index (χ4n) is 2.67. The molecule has 3 rings (SSSR count). The Balaban J connectivity index is 1.60. The van der Waals surface area contributed by atoms with Crippen LogP contribution in [0.2, 0.25) is 5.02 Å². The molecule has 1 aromatic heterocycles. The maximum absolute atomic E-state index is 12.5. The highest BCUT2D eigenvalue weighted by Gasteiger charge is 2.26. The highest BCUT2D eigenvalue weighted by atomic mass is 35.5. The molecule has 0 atom stereocenters. The first-order chi connectivity index (χ1) is 11.6. The summed E-state index contributed by atoms with van der Waals surface area (Å²) in [6.45, 7) is 2.23. The van der Waals surface area contributed by atoms with Gasteiger partial charge >= 0.3 is 0 Å². The van der Waals surface area contributed by atoms with Gasteiger partial charge in [0.1, 0.15) is 12.0 Å². The van der Waals surface area contributed by atoms with E-state index in [2.05, 4.69) is 0 Å². The van der Waals surface area contributed by atoms with E-state index in [9.17, 15) is 9.59 Å². The SMILES string of the molecule is NCc1cc(C(=O)N2CCN(C(=O)c3ccc(Cl)cc3)CC2)co1. The summed E-state index contributed by atoms with van der Waals surface area (Å²) in [6.07, 6.45) is 1.43. The van der Waals surface area contributed by atoms with Gasteiger partial charge in [0.25, 0.3) is 11.8 Å². The molecule has 0 bridgehead atoms.